The maximum absolute atomic E-state index is 5.34. The van der Waals surface area contributed by atoms with Crippen LogP contribution in [-0.4, -0.2) is 11.8 Å². The molecule has 2 nitrogen and oxygen atoms in total. The summed E-state index contributed by atoms with van der Waals surface area (Å²) in [5, 5.41) is 3.79. The van der Waals surface area contributed by atoms with Crippen LogP contribution in [0.25, 0.3) is 0 Å². The fourth-order valence-electron chi connectivity index (χ4n) is 2.38. The average molecular weight is 205 g/mol. The highest BCUT2D eigenvalue weighted by Gasteiger charge is 2.36. The highest BCUT2D eigenvalue weighted by molar-refractivity contribution is 7.80. The van der Waals surface area contributed by atoms with Gasteiger partial charge >= 0.3 is 0 Å². The minimum Gasteiger partial charge on any atom is -0.471 e. The fraction of sp³-hybridized carbons (Fsp3) is 0.364. The molecule has 2 aliphatic rings. The lowest BCUT2D eigenvalue weighted by molar-refractivity contribution is 0.174. The number of hydrogen-bond acceptors (Lipinski definition) is 2. The minimum absolute atomic E-state index is 0.382. The quantitative estimate of drug-likeness (QED) is 0.653. The molecule has 0 aromatic heterocycles. The Morgan fingerprint density at radius 3 is 3.14 bits per heavy atom. The van der Waals surface area contributed by atoms with Gasteiger partial charge in [0, 0.05) is 5.92 Å². The lowest BCUT2D eigenvalue weighted by Gasteiger charge is -2.28. The second kappa shape index (κ2) is 2.95. The van der Waals surface area contributed by atoms with Crippen LogP contribution in [0.1, 0.15) is 17.2 Å². The Bertz CT molecular complexity index is 391. The fourth-order valence-corrected chi connectivity index (χ4v) is 2.57. The van der Waals surface area contributed by atoms with Crippen molar-refractivity contribution in [3.05, 3.63) is 35.4 Å². The van der Waals surface area contributed by atoms with Crippen molar-refractivity contribution in [2.24, 2.45) is 5.92 Å². The first-order valence-electron chi connectivity index (χ1n) is 4.86. The lowest BCUT2D eigenvalue weighted by atomic mass is 10.0. The lowest BCUT2D eigenvalue weighted by Crippen LogP contribution is -2.39. The second-order valence-electron chi connectivity index (χ2n) is 3.88. The predicted molar refractivity (Wildman–Crippen MR) is 58.1 cm³/mol. The third-order valence-electron chi connectivity index (χ3n) is 3.05. The molecule has 2 atom stereocenters. The number of rotatable bonds is 0. The molecule has 0 saturated carbocycles. The van der Waals surface area contributed by atoms with Crippen LogP contribution in [0.2, 0.25) is 0 Å². The molecule has 1 N–H and O–H groups in total. The van der Waals surface area contributed by atoms with Crippen LogP contribution in [-0.2, 0) is 11.2 Å². The first-order chi connectivity index (χ1) is 6.84. The Morgan fingerprint density at radius 1 is 1.36 bits per heavy atom. The molecule has 0 spiro atoms. The summed E-state index contributed by atoms with van der Waals surface area (Å²) in [5.74, 6) is 0.555. The van der Waals surface area contributed by atoms with Crippen molar-refractivity contribution in [3.63, 3.8) is 0 Å². The first-order valence-corrected chi connectivity index (χ1v) is 5.26. The van der Waals surface area contributed by atoms with E-state index >= 15 is 0 Å². The average Bonchev–Trinajstić information content (AvgIpc) is 2.56. The van der Waals surface area contributed by atoms with Crippen LogP contribution in [0.3, 0.4) is 0 Å². The van der Waals surface area contributed by atoms with Crippen molar-refractivity contribution in [2.75, 3.05) is 6.61 Å². The van der Waals surface area contributed by atoms with Gasteiger partial charge in [0.05, 0.1) is 12.6 Å². The zero-order valence-corrected chi connectivity index (χ0v) is 8.51. The van der Waals surface area contributed by atoms with Crippen LogP contribution in [0, 0.1) is 5.92 Å². The summed E-state index contributed by atoms with van der Waals surface area (Å²) < 4.78 is 5.34. The summed E-state index contributed by atoms with van der Waals surface area (Å²) in [6, 6.07) is 8.93. The van der Waals surface area contributed by atoms with E-state index in [1.807, 2.05) is 0 Å². The van der Waals surface area contributed by atoms with Gasteiger partial charge in [0.25, 0.3) is 5.17 Å². The van der Waals surface area contributed by atoms with Crippen molar-refractivity contribution in [1.82, 2.24) is 5.32 Å². The third-order valence-corrected chi connectivity index (χ3v) is 3.28. The number of ether oxygens (including phenoxy) is 1. The third kappa shape index (κ3) is 1.12. The van der Waals surface area contributed by atoms with E-state index in [9.17, 15) is 0 Å². The summed E-state index contributed by atoms with van der Waals surface area (Å²) in [6.45, 7) is 0.755. The van der Waals surface area contributed by atoms with Crippen molar-refractivity contribution in [2.45, 2.75) is 12.5 Å². The van der Waals surface area contributed by atoms with Crippen molar-refractivity contribution < 1.29 is 4.74 Å². The molecule has 1 heterocycles. The molecule has 3 rings (SSSR count). The normalized spacial score (nSPS) is 28.7. The topological polar surface area (TPSA) is 21.3 Å². The number of hydrogen-bond donors (Lipinski definition) is 1. The molecular weight excluding hydrogens is 194 g/mol. The van der Waals surface area contributed by atoms with E-state index in [-0.39, 0.29) is 0 Å². The van der Waals surface area contributed by atoms with Gasteiger partial charge in [-0.1, -0.05) is 24.3 Å². The Hall–Kier alpha value is -1.09. The van der Waals surface area contributed by atoms with E-state index in [2.05, 4.69) is 29.6 Å². The van der Waals surface area contributed by atoms with Crippen LogP contribution < -0.4 is 5.32 Å². The van der Waals surface area contributed by atoms with Gasteiger partial charge < -0.3 is 10.1 Å². The summed E-state index contributed by atoms with van der Waals surface area (Å²) in [6.07, 6.45) is 1.11. The minimum atomic E-state index is 0.382. The Kier molecular flexibility index (Phi) is 1.74. The molecule has 0 unspecified atom stereocenters. The standard InChI is InChI=1S/C11H11NOS/c14-11-12-10-8(6-13-11)5-7-3-1-2-4-9(7)10/h1-4,8,10H,5-6H2,(H,12,14)/t8-,10+/m1/s1. The molecule has 1 aliphatic carbocycles. The van der Waals surface area contributed by atoms with E-state index < -0.39 is 0 Å². The van der Waals surface area contributed by atoms with Gasteiger partial charge in [-0.2, -0.15) is 0 Å². The Labute approximate surface area is 88.3 Å². The van der Waals surface area contributed by atoms with Crippen LogP contribution >= 0.6 is 12.2 Å². The van der Waals surface area contributed by atoms with Gasteiger partial charge in [0.1, 0.15) is 0 Å². The number of thiocarbonyl (C=S) groups is 1. The predicted octanol–water partition coefficient (Wildman–Crippen LogP) is 1.80. The summed E-state index contributed by atoms with van der Waals surface area (Å²) in [7, 11) is 0. The Morgan fingerprint density at radius 2 is 2.21 bits per heavy atom. The Balaban J connectivity index is 2.00. The molecule has 0 radical (unpaired) electrons. The van der Waals surface area contributed by atoms with Crippen molar-refractivity contribution >= 4 is 17.4 Å². The SMILES string of the molecule is S=C1N[C@@H]2c3ccccc3C[C@@H]2CO1. The molecule has 72 valence electrons. The number of fused-ring (bicyclic) bond motifs is 3. The van der Waals surface area contributed by atoms with Crippen LogP contribution in [0.15, 0.2) is 24.3 Å². The van der Waals surface area contributed by atoms with Gasteiger partial charge in [-0.25, -0.2) is 0 Å². The molecule has 1 aromatic rings. The largest absolute Gasteiger partial charge is 0.471 e. The molecule has 3 heteroatoms. The maximum atomic E-state index is 5.34. The molecule has 0 amide bonds. The van der Waals surface area contributed by atoms with E-state index in [0.717, 1.165) is 13.0 Å². The van der Waals surface area contributed by atoms with Gasteiger partial charge in [-0.15, -0.1) is 0 Å². The summed E-state index contributed by atoms with van der Waals surface area (Å²) in [5.41, 5.74) is 2.83. The molecule has 14 heavy (non-hydrogen) atoms. The van der Waals surface area contributed by atoms with Crippen molar-refractivity contribution in [3.8, 4) is 0 Å². The highest BCUT2D eigenvalue weighted by Crippen LogP contribution is 2.37. The van der Waals surface area contributed by atoms with Crippen LogP contribution in [0.5, 0.6) is 0 Å². The van der Waals surface area contributed by atoms with Crippen molar-refractivity contribution in [1.29, 1.82) is 0 Å². The van der Waals surface area contributed by atoms with Gasteiger partial charge in [0.2, 0.25) is 0 Å². The van der Waals surface area contributed by atoms with Gasteiger partial charge in [-0.05, 0) is 29.8 Å². The zero-order chi connectivity index (χ0) is 9.54. The zero-order valence-electron chi connectivity index (χ0n) is 7.69. The molecule has 0 bridgehead atoms. The molecular formula is C11H11NOS. The summed E-state index contributed by atoms with van der Waals surface area (Å²) >= 11 is 5.03. The highest BCUT2D eigenvalue weighted by atomic mass is 32.1. The summed E-state index contributed by atoms with van der Waals surface area (Å²) in [4.78, 5) is 0. The van der Waals surface area contributed by atoms with Gasteiger partial charge in [-0.3, -0.25) is 0 Å². The van der Waals surface area contributed by atoms with Crippen LogP contribution in [0.4, 0.5) is 0 Å². The molecule has 1 saturated heterocycles. The molecule has 1 aromatic carbocycles. The maximum Gasteiger partial charge on any atom is 0.257 e. The number of nitrogens with one attached hydrogen (secondary N) is 1. The van der Waals surface area contributed by atoms with Gasteiger partial charge in [0.15, 0.2) is 0 Å². The van der Waals surface area contributed by atoms with E-state index in [1.165, 1.54) is 11.1 Å². The monoisotopic (exact) mass is 205 g/mol. The molecule has 1 fully saturated rings. The second-order valence-corrected chi connectivity index (χ2v) is 4.25. The van der Waals surface area contributed by atoms with E-state index in [4.69, 9.17) is 17.0 Å². The number of benzene rings is 1. The van der Waals surface area contributed by atoms with E-state index in [1.54, 1.807) is 0 Å². The first kappa shape index (κ1) is 8.24. The van der Waals surface area contributed by atoms with E-state index in [0.29, 0.717) is 17.1 Å². The molecule has 1 aliphatic heterocycles. The smallest absolute Gasteiger partial charge is 0.257 e.